The van der Waals surface area contributed by atoms with Crippen LogP contribution in [0.1, 0.15) is 61.8 Å². The second kappa shape index (κ2) is 10.6. The van der Waals surface area contributed by atoms with Crippen molar-refractivity contribution < 1.29 is 14.1 Å². The molecule has 0 spiro atoms. The fourth-order valence-electron chi connectivity index (χ4n) is 3.19. The van der Waals surface area contributed by atoms with Gasteiger partial charge in [0.05, 0.1) is 11.4 Å². The molecule has 8 heteroatoms. The van der Waals surface area contributed by atoms with Crippen molar-refractivity contribution >= 4 is 11.4 Å². The quantitative estimate of drug-likeness (QED) is 0.277. The molecule has 0 fully saturated rings. The average Bonchev–Trinajstić information content (AvgIpc) is 2.73. The number of nitrogens with zero attached hydrogens (tertiary/aromatic N) is 5. The molecule has 1 aliphatic rings. The summed E-state index contributed by atoms with van der Waals surface area (Å²) >= 11 is 0. The summed E-state index contributed by atoms with van der Waals surface area (Å²) in [6, 6.07) is 4.60. The normalized spacial score (nSPS) is 15.3. The van der Waals surface area contributed by atoms with Crippen LogP contribution >= 0.6 is 0 Å². The van der Waals surface area contributed by atoms with Crippen LogP contribution in [0.3, 0.4) is 0 Å². The SMILES string of the molecule is CO/N=C1\CCCc2cnc(CCCCCO/N=C(\C)c3cccc(F)n3)nc21. The maximum Gasteiger partial charge on any atom is 0.213 e. The third-order valence-electron chi connectivity index (χ3n) is 4.67. The van der Waals surface area contributed by atoms with Gasteiger partial charge in [-0.3, -0.25) is 0 Å². The summed E-state index contributed by atoms with van der Waals surface area (Å²) in [6.45, 7) is 2.25. The molecule has 2 aromatic heterocycles. The average molecular weight is 399 g/mol. The number of hydrogen-bond donors (Lipinski definition) is 0. The maximum atomic E-state index is 13.1. The van der Waals surface area contributed by atoms with Gasteiger partial charge in [-0.2, -0.15) is 4.39 Å². The van der Waals surface area contributed by atoms with Gasteiger partial charge in [0.2, 0.25) is 5.95 Å². The molecular formula is C21H26FN5O2. The van der Waals surface area contributed by atoms with Crippen molar-refractivity contribution in [3.63, 3.8) is 0 Å². The molecule has 29 heavy (non-hydrogen) atoms. The van der Waals surface area contributed by atoms with E-state index in [1.165, 1.54) is 6.07 Å². The molecule has 0 atom stereocenters. The lowest BCUT2D eigenvalue weighted by molar-refractivity contribution is 0.139. The number of aryl methyl sites for hydroxylation is 2. The minimum atomic E-state index is -0.526. The number of rotatable bonds is 9. The van der Waals surface area contributed by atoms with Gasteiger partial charge < -0.3 is 9.68 Å². The van der Waals surface area contributed by atoms with Crippen molar-refractivity contribution in [3.8, 4) is 0 Å². The van der Waals surface area contributed by atoms with Crippen LogP contribution < -0.4 is 0 Å². The van der Waals surface area contributed by atoms with Crippen LogP contribution in [0.4, 0.5) is 4.39 Å². The fourth-order valence-corrected chi connectivity index (χ4v) is 3.19. The Bertz CT molecular complexity index is 885. The molecule has 1 aliphatic carbocycles. The van der Waals surface area contributed by atoms with E-state index in [9.17, 15) is 4.39 Å². The van der Waals surface area contributed by atoms with Crippen molar-refractivity contribution in [2.24, 2.45) is 10.3 Å². The minimum absolute atomic E-state index is 0.478. The fraction of sp³-hybridized carbons (Fsp3) is 0.476. The number of fused-ring (bicyclic) bond motifs is 1. The van der Waals surface area contributed by atoms with Gasteiger partial charge in [-0.25, -0.2) is 15.0 Å². The van der Waals surface area contributed by atoms with E-state index in [0.29, 0.717) is 18.0 Å². The number of unbranched alkanes of at least 4 members (excludes halogenated alkanes) is 2. The Balaban J connectivity index is 1.40. The van der Waals surface area contributed by atoms with Crippen LogP contribution in [-0.2, 0) is 22.5 Å². The van der Waals surface area contributed by atoms with E-state index in [2.05, 4.69) is 20.3 Å². The Labute approximate surface area is 170 Å². The van der Waals surface area contributed by atoms with Crippen LogP contribution in [0.25, 0.3) is 0 Å². The lowest BCUT2D eigenvalue weighted by Crippen LogP contribution is -2.16. The molecule has 0 saturated carbocycles. The highest BCUT2D eigenvalue weighted by atomic mass is 19.1. The van der Waals surface area contributed by atoms with Gasteiger partial charge in [0.25, 0.3) is 0 Å². The molecule has 0 aromatic carbocycles. The molecule has 0 radical (unpaired) electrons. The third kappa shape index (κ3) is 6.04. The van der Waals surface area contributed by atoms with Gasteiger partial charge in [-0.05, 0) is 63.1 Å². The Hall–Kier alpha value is -2.90. The van der Waals surface area contributed by atoms with E-state index in [0.717, 1.165) is 67.7 Å². The zero-order valence-electron chi connectivity index (χ0n) is 16.9. The zero-order valence-corrected chi connectivity index (χ0v) is 16.9. The largest absolute Gasteiger partial charge is 0.399 e. The topological polar surface area (TPSA) is 81.9 Å². The van der Waals surface area contributed by atoms with Gasteiger partial charge in [0, 0.05) is 12.6 Å². The van der Waals surface area contributed by atoms with Crippen LogP contribution in [0.2, 0.25) is 0 Å². The molecule has 2 heterocycles. The van der Waals surface area contributed by atoms with Crippen molar-refractivity contribution in [3.05, 3.63) is 53.1 Å². The second-order valence-corrected chi connectivity index (χ2v) is 6.90. The lowest BCUT2D eigenvalue weighted by atomic mass is 9.95. The summed E-state index contributed by atoms with van der Waals surface area (Å²) in [7, 11) is 1.56. The molecule has 0 saturated heterocycles. The van der Waals surface area contributed by atoms with Gasteiger partial charge >= 0.3 is 0 Å². The summed E-state index contributed by atoms with van der Waals surface area (Å²) in [6.07, 6.45) is 8.47. The lowest BCUT2D eigenvalue weighted by Gasteiger charge is -2.16. The van der Waals surface area contributed by atoms with Crippen LogP contribution in [0.15, 0.2) is 34.7 Å². The van der Waals surface area contributed by atoms with Gasteiger partial charge in [0.1, 0.15) is 31.0 Å². The highest BCUT2D eigenvalue weighted by Gasteiger charge is 2.18. The maximum absolute atomic E-state index is 13.1. The Morgan fingerprint density at radius 1 is 1.17 bits per heavy atom. The summed E-state index contributed by atoms with van der Waals surface area (Å²) in [4.78, 5) is 23.2. The Morgan fingerprint density at radius 2 is 2.07 bits per heavy atom. The molecule has 0 aliphatic heterocycles. The first kappa shape index (κ1) is 20.8. The highest BCUT2D eigenvalue weighted by Crippen LogP contribution is 2.20. The molecule has 154 valence electrons. The Kier molecular flexibility index (Phi) is 7.61. The van der Waals surface area contributed by atoms with Crippen LogP contribution in [-0.4, -0.2) is 40.1 Å². The van der Waals surface area contributed by atoms with Gasteiger partial charge in [0.15, 0.2) is 0 Å². The van der Waals surface area contributed by atoms with Gasteiger partial charge in [-0.1, -0.05) is 16.4 Å². The number of hydrogen-bond acceptors (Lipinski definition) is 7. The van der Waals surface area contributed by atoms with E-state index in [4.69, 9.17) is 14.7 Å². The van der Waals surface area contributed by atoms with Crippen molar-refractivity contribution in [2.75, 3.05) is 13.7 Å². The first-order valence-electron chi connectivity index (χ1n) is 9.92. The standard InChI is InChI=1S/C21H26FN5O2/c1-15(17-9-7-11-19(22)24-17)26-29-13-5-3-4-12-20-23-14-16-8-6-10-18(27-28-2)21(16)25-20/h7,9,11,14H,3-6,8,10,12-13H2,1-2H3/b26-15+,27-18+. The van der Waals surface area contributed by atoms with E-state index < -0.39 is 5.95 Å². The second-order valence-electron chi connectivity index (χ2n) is 6.90. The molecule has 2 aromatic rings. The van der Waals surface area contributed by atoms with Crippen LogP contribution in [0.5, 0.6) is 0 Å². The molecule has 0 bridgehead atoms. The molecule has 0 unspecified atom stereocenters. The molecule has 3 rings (SSSR count). The van der Waals surface area contributed by atoms with Crippen molar-refractivity contribution in [1.29, 1.82) is 0 Å². The predicted molar refractivity (Wildman–Crippen MR) is 108 cm³/mol. The number of pyridine rings is 1. The molecule has 0 amide bonds. The van der Waals surface area contributed by atoms with Crippen LogP contribution in [0, 0.1) is 5.95 Å². The molecule has 0 N–H and O–H groups in total. The summed E-state index contributed by atoms with van der Waals surface area (Å²) < 4.78 is 13.1. The van der Waals surface area contributed by atoms with Crippen molar-refractivity contribution in [2.45, 2.75) is 51.9 Å². The van der Waals surface area contributed by atoms with Gasteiger partial charge in [-0.15, -0.1) is 0 Å². The summed E-state index contributed by atoms with van der Waals surface area (Å²) in [5, 5.41) is 8.11. The molecular weight excluding hydrogens is 373 g/mol. The highest BCUT2D eigenvalue weighted by molar-refractivity contribution is 6.00. The third-order valence-corrected chi connectivity index (χ3v) is 4.67. The number of oxime groups is 2. The van der Waals surface area contributed by atoms with E-state index in [1.807, 2.05) is 6.20 Å². The first-order valence-corrected chi connectivity index (χ1v) is 9.92. The van der Waals surface area contributed by atoms with Crippen molar-refractivity contribution in [1.82, 2.24) is 15.0 Å². The molecule has 7 nitrogen and oxygen atoms in total. The summed E-state index contributed by atoms with van der Waals surface area (Å²) in [5.74, 6) is 0.309. The van der Waals surface area contributed by atoms with E-state index in [-0.39, 0.29) is 0 Å². The Morgan fingerprint density at radius 3 is 2.90 bits per heavy atom. The smallest absolute Gasteiger partial charge is 0.213 e. The number of aromatic nitrogens is 3. The first-order chi connectivity index (χ1) is 14.2. The van der Waals surface area contributed by atoms with E-state index in [1.54, 1.807) is 26.2 Å². The minimum Gasteiger partial charge on any atom is -0.399 e. The van der Waals surface area contributed by atoms with E-state index >= 15 is 0 Å². The predicted octanol–water partition coefficient (Wildman–Crippen LogP) is 3.85. The zero-order chi connectivity index (χ0) is 20.5. The summed E-state index contributed by atoms with van der Waals surface area (Å²) in [5.41, 5.74) is 4.02. The monoisotopic (exact) mass is 399 g/mol. The number of halogens is 1.